The Bertz CT molecular complexity index is 1090. The molecule has 172 valence electrons. The van der Waals surface area contributed by atoms with E-state index in [-0.39, 0.29) is 6.03 Å². The highest BCUT2D eigenvalue weighted by Gasteiger charge is 2.27. The number of rotatable bonds is 7. The van der Waals surface area contributed by atoms with Gasteiger partial charge in [-0.15, -0.1) is 0 Å². The molecule has 0 atom stereocenters. The molecule has 1 aliphatic rings. The van der Waals surface area contributed by atoms with Crippen LogP contribution in [-0.4, -0.2) is 47.6 Å². The Hall–Kier alpha value is -3.61. The topological polar surface area (TPSA) is 70.6 Å². The minimum absolute atomic E-state index is 0.124. The van der Waals surface area contributed by atoms with Crippen LogP contribution in [0.1, 0.15) is 31.5 Å². The van der Waals surface area contributed by atoms with Gasteiger partial charge in [0.2, 0.25) is 0 Å². The van der Waals surface area contributed by atoms with Gasteiger partial charge >= 0.3 is 6.03 Å². The van der Waals surface area contributed by atoms with E-state index in [1.54, 1.807) is 0 Å². The first kappa shape index (κ1) is 22.6. The van der Waals surface area contributed by atoms with E-state index >= 15 is 0 Å². The molecule has 0 spiro atoms. The summed E-state index contributed by atoms with van der Waals surface area (Å²) in [5, 5.41) is 3.00. The Labute approximate surface area is 195 Å². The van der Waals surface area contributed by atoms with Gasteiger partial charge < -0.3 is 19.9 Å². The fraction of sp³-hybridized carbons (Fsp3) is 0.346. The van der Waals surface area contributed by atoms with Crippen LogP contribution in [0.4, 0.5) is 16.3 Å². The van der Waals surface area contributed by atoms with Crippen LogP contribution in [0.2, 0.25) is 0 Å². The minimum atomic E-state index is -0.124. The standard InChI is InChI=1S/C26H31N5O2/c1-4-16-30(3)25-22-18-31(26(32)27-20-11-13-21(14-12-20)33-5-2)17-15-23(22)28-24(29-25)19-9-7-6-8-10-19/h6-14H,4-5,15-18H2,1-3H3,(H,27,32). The molecule has 1 aliphatic heterocycles. The summed E-state index contributed by atoms with van der Waals surface area (Å²) in [6, 6.07) is 17.4. The molecule has 2 aromatic carbocycles. The molecule has 3 aromatic rings. The number of amides is 2. The molecule has 2 heterocycles. The lowest BCUT2D eigenvalue weighted by Gasteiger charge is -2.32. The van der Waals surface area contributed by atoms with Crippen molar-refractivity contribution in [1.82, 2.24) is 14.9 Å². The lowest BCUT2D eigenvalue weighted by molar-refractivity contribution is 0.206. The lowest BCUT2D eigenvalue weighted by Crippen LogP contribution is -2.40. The van der Waals surface area contributed by atoms with Crippen LogP contribution in [0, 0.1) is 0 Å². The first-order chi connectivity index (χ1) is 16.1. The first-order valence-electron chi connectivity index (χ1n) is 11.5. The largest absolute Gasteiger partial charge is 0.494 e. The number of hydrogen-bond acceptors (Lipinski definition) is 5. The molecule has 33 heavy (non-hydrogen) atoms. The van der Waals surface area contributed by atoms with Crippen LogP contribution in [0.25, 0.3) is 11.4 Å². The second kappa shape index (κ2) is 10.3. The van der Waals surface area contributed by atoms with Gasteiger partial charge in [0.15, 0.2) is 5.82 Å². The van der Waals surface area contributed by atoms with E-state index in [9.17, 15) is 4.79 Å². The molecule has 0 unspecified atom stereocenters. The summed E-state index contributed by atoms with van der Waals surface area (Å²) in [5.74, 6) is 2.43. The van der Waals surface area contributed by atoms with Crippen LogP contribution in [-0.2, 0) is 13.0 Å². The Kier molecular flexibility index (Phi) is 7.07. The second-order valence-electron chi connectivity index (χ2n) is 8.14. The molecule has 7 heteroatoms. The monoisotopic (exact) mass is 445 g/mol. The molecule has 1 N–H and O–H groups in total. The summed E-state index contributed by atoms with van der Waals surface area (Å²) in [4.78, 5) is 26.8. The highest BCUT2D eigenvalue weighted by Crippen LogP contribution is 2.29. The molecule has 0 fully saturated rings. The highest BCUT2D eigenvalue weighted by atomic mass is 16.5. The van der Waals surface area contributed by atoms with Gasteiger partial charge in [-0.1, -0.05) is 37.3 Å². The lowest BCUT2D eigenvalue weighted by atomic mass is 10.0. The van der Waals surface area contributed by atoms with Gasteiger partial charge in [-0.2, -0.15) is 0 Å². The Morgan fingerprint density at radius 2 is 1.85 bits per heavy atom. The number of nitrogens with one attached hydrogen (secondary N) is 1. The van der Waals surface area contributed by atoms with Crippen LogP contribution in [0.3, 0.4) is 0 Å². The predicted octanol–water partition coefficient (Wildman–Crippen LogP) is 4.98. The third kappa shape index (κ3) is 5.25. The van der Waals surface area contributed by atoms with E-state index in [1.165, 1.54) is 0 Å². The van der Waals surface area contributed by atoms with Crippen molar-refractivity contribution in [1.29, 1.82) is 0 Å². The average Bonchev–Trinajstić information content (AvgIpc) is 2.85. The minimum Gasteiger partial charge on any atom is -0.494 e. The highest BCUT2D eigenvalue weighted by molar-refractivity contribution is 5.89. The SMILES string of the molecule is CCCN(C)c1nc(-c2ccccc2)nc2c1CN(C(=O)Nc1ccc(OCC)cc1)CC2. The zero-order valence-electron chi connectivity index (χ0n) is 19.5. The van der Waals surface area contributed by atoms with Gasteiger partial charge in [-0.3, -0.25) is 0 Å². The second-order valence-corrected chi connectivity index (χ2v) is 8.14. The Balaban J connectivity index is 1.57. The quantitative estimate of drug-likeness (QED) is 0.555. The summed E-state index contributed by atoms with van der Waals surface area (Å²) < 4.78 is 5.48. The molecule has 0 aliphatic carbocycles. The number of aromatic nitrogens is 2. The molecule has 0 saturated carbocycles. The maximum atomic E-state index is 13.0. The van der Waals surface area contributed by atoms with Crippen molar-refractivity contribution in [2.24, 2.45) is 0 Å². The third-order valence-corrected chi connectivity index (χ3v) is 5.69. The van der Waals surface area contributed by atoms with Crippen molar-refractivity contribution in [3.05, 3.63) is 65.9 Å². The number of nitrogens with zero attached hydrogens (tertiary/aromatic N) is 4. The smallest absolute Gasteiger partial charge is 0.322 e. The number of urea groups is 1. The predicted molar refractivity (Wildman–Crippen MR) is 132 cm³/mol. The molecule has 1 aromatic heterocycles. The third-order valence-electron chi connectivity index (χ3n) is 5.69. The van der Waals surface area contributed by atoms with Gasteiger partial charge in [0, 0.05) is 43.4 Å². The Morgan fingerprint density at radius 3 is 2.55 bits per heavy atom. The maximum absolute atomic E-state index is 13.0. The number of ether oxygens (including phenoxy) is 1. The summed E-state index contributed by atoms with van der Waals surface area (Å²) in [6.07, 6.45) is 1.71. The molecular formula is C26H31N5O2. The van der Waals surface area contributed by atoms with E-state index in [4.69, 9.17) is 14.7 Å². The van der Waals surface area contributed by atoms with Gasteiger partial charge in [-0.25, -0.2) is 14.8 Å². The number of benzene rings is 2. The number of fused-ring (bicyclic) bond motifs is 1. The van der Waals surface area contributed by atoms with Gasteiger partial charge in [0.05, 0.1) is 18.8 Å². The van der Waals surface area contributed by atoms with E-state index in [1.807, 2.05) is 66.4 Å². The number of anilines is 2. The fourth-order valence-corrected chi connectivity index (χ4v) is 4.05. The molecular weight excluding hydrogens is 414 g/mol. The van der Waals surface area contributed by atoms with E-state index in [0.717, 1.165) is 52.9 Å². The molecule has 4 rings (SSSR count). The van der Waals surface area contributed by atoms with E-state index in [0.29, 0.717) is 26.1 Å². The van der Waals surface area contributed by atoms with Gasteiger partial charge in [0.25, 0.3) is 0 Å². The molecule has 7 nitrogen and oxygen atoms in total. The van der Waals surface area contributed by atoms with Crippen molar-refractivity contribution in [2.45, 2.75) is 33.2 Å². The van der Waals surface area contributed by atoms with Crippen LogP contribution in [0.5, 0.6) is 5.75 Å². The van der Waals surface area contributed by atoms with Gasteiger partial charge in [-0.05, 0) is 37.6 Å². The number of hydrogen-bond donors (Lipinski definition) is 1. The fourth-order valence-electron chi connectivity index (χ4n) is 4.05. The average molecular weight is 446 g/mol. The molecule has 0 saturated heterocycles. The molecule has 2 amide bonds. The Morgan fingerprint density at radius 1 is 1.09 bits per heavy atom. The van der Waals surface area contributed by atoms with Crippen molar-refractivity contribution in [3.8, 4) is 17.1 Å². The zero-order valence-corrected chi connectivity index (χ0v) is 19.5. The normalized spacial score (nSPS) is 12.8. The maximum Gasteiger partial charge on any atom is 0.322 e. The van der Waals surface area contributed by atoms with Crippen molar-refractivity contribution in [3.63, 3.8) is 0 Å². The summed E-state index contributed by atoms with van der Waals surface area (Å²) in [5.41, 5.74) is 3.79. The van der Waals surface area contributed by atoms with Crippen LogP contribution in [0.15, 0.2) is 54.6 Å². The van der Waals surface area contributed by atoms with Crippen LogP contribution >= 0.6 is 0 Å². The molecule has 0 radical (unpaired) electrons. The van der Waals surface area contributed by atoms with E-state index < -0.39 is 0 Å². The number of carbonyl (C=O) groups is 1. The summed E-state index contributed by atoms with van der Waals surface area (Å²) in [7, 11) is 2.06. The van der Waals surface area contributed by atoms with E-state index in [2.05, 4.69) is 24.2 Å². The number of carbonyl (C=O) groups excluding carboxylic acids is 1. The first-order valence-corrected chi connectivity index (χ1v) is 11.5. The van der Waals surface area contributed by atoms with Crippen molar-refractivity contribution >= 4 is 17.5 Å². The summed E-state index contributed by atoms with van der Waals surface area (Å²) >= 11 is 0. The van der Waals surface area contributed by atoms with Crippen molar-refractivity contribution < 1.29 is 9.53 Å². The zero-order chi connectivity index (χ0) is 23.2. The summed E-state index contributed by atoms with van der Waals surface area (Å²) in [6.45, 7) is 6.69. The molecule has 0 bridgehead atoms. The van der Waals surface area contributed by atoms with Crippen molar-refractivity contribution in [2.75, 3.05) is 37.0 Å². The van der Waals surface area contributed by atoms with Crippen LogP contribution < -0.4 is 15.0 Å². The van der Waals surface area contributed by atoms with Gasteiger partial charge in [0.1, 0.15) is 11.6 Å².